The number of aliphatic hydroxyl groups excluding tert-OH is 1. The predicted octanol–water partition coefficient (Wildman–Crippen LogP) is 2.86. The van der Waals surface area contributed by atoms with Crippen molar-refractivity contribution in [2.24, 2.45) is 5.41 Å². The smallest absolute Gasteiger partial charge is 0.219 e. The molecule has 1 aromatic heterocycles. The summed E-state index contributed by atoms with van der Waals surface area (Å²) in [7, 11) is 0. The first-order chi connectivity index (χ1) is 14.8. The zero-order chi connectivity index (χ0) is 22.0. The number of nitrogens with two attached hydrogens (primary N) is 1. The van der Waals surface area contributed by atoms with Gasteiger partial charge in [0.1, 0.15) is 11.6 Å². The highest BCUT2D eigenvalue weighted by Gasteiger charge is 2.42. The summed E-state index contributed by atoms with van der Waals surface area (Å²) in [6.45, 7) is 6.54. The molecule has 1 aromatic carbocycles. The molecule has 3 heterocycles. The Kier molecular flexibility index (Phi) is 6.39. The van der Waals surface area contributed by atoms with Gasteiger partial charge in [-0.2, -0.15) is 0 Å². The van der Waals surface area contributed by atoms with Gasteiger partial charge in [-0.1, -0.05) is 36.0 Å². The molecule has 0 bridgehead atoms. The van der Waals surface area contributed by atoms with Crippen molar-refractivity contribution in [1.82, 2.24) is 14.9 Å². The zero-order valence-corrected chi connectivity index (χ0v) is 19.1. The van der Waals surface area contributed by atoms with Crippen molar-refractivity contribution < 1.29 is 9.90 Å². The number of carbonyl (C=O) groups excluding carboxylic acids is 1. The molecule has 7 nitrogen and oxygen atoms in total. The van der Waals surface area contributed by atoms with Gasteiger partial charge in [0.25, 0.3) is 0 Å². The summed E-state index contributed by atoms with van der Waals surface area (Å²) in [5, 5.41) is 11.0. The number of rotatable bonds is 4. The predicted molar refractivity (Wildman–Crippen MR) is 124 cm³/mol. The maximum atomic E-state index is 11.9. The van der Waals surface area contributed by atoms with Crippen LogP contribution in [0.15, 0.2) is 35.5 Å². The molecule has 1 unspecified atom stereocenters. The topological polar surface area (TPSA) is 95.6 Å². The second kappa shape index (κ2) is 9.04. The van der Waals surface area contributed by atoms with Crippen LogP contribution in [0.3, 0.4) is 0 Å². The number of nitrogens with zero attached hydrogens (tertiary/aromatic N) is 4. The number of aromatic nitrogens is 2. The third kappa shape index (κ3) is 5.13. The number of thioether (sulfide) groups is 1. The molecular formula is C23H31N5O2S. The lowest BCUT2D eigenvalue weighted by atomic mass is 9.71. The first-order valence-corrected chi connectivity index (χ1v) is 11.8. The molecule has 0 radical (unpaired) electrons. The molecule has 4 rings (SSSR count). The second-order valence-corrected chi connectivity index (χ2v) is 9.84. The maximum Gasteiger partial charge on any atom is 0.219 e. The molecule has 2 saturated heterocycles. The van der Waals surface area contributed by atoms with Crippen LogP contribution in [0, 0.1) is 12.3 Å². The molecule has 2 fully saturated rings. The average Bonchev–Trinajstić information content (AvgIpc) is 2.73. The van der Waals surface area contributed by atoms with E-state index in [1.807, 2.05) is 18.2 Å². The van der Waals surface area contributed by atoms with Crippen LogP contribution in [-0.2, 0) is 10.5 Å². The number of benzene rings is 1. The Balaban J connectivity index is 1.42. The molecule has 8 heteroatoms. The van der Waals surface area contributed by atoms with Crippen LogP contribution >= 0.6 is 11.8 Å². The average molecular weight is 442 g/mol. The number of piperidine rings is 2. The lowest BCUT2D eigenvalue weighted by molar-refractivity contribution is -0.137. The Labute approximate surface area is 188 Å². The van der Waals surface area contributed by atoms with Crippen molar-refractivity contribution in [3.63, 3.8) is 0 Å². The van der Waals surface area contributed by atoms with Gasteiger partial charge >= 0.3 is 0 Å². The number of likely N-dealkylation sites (tertiary alicyclic amines) is 1. The fourth-order valence-electron chi connectivity index (χ4n) is 4.74. The summed E-state index contributed by atoms with van der Waals surface area (Å²) in [5.41, 5.74) is 8.62. The van der Waals surface area contributed by atoms with Crippen LogP contribution in [0.1, 0.15) is 37.3 Å². The van der Waals surface area contributed by atoms with Crippen molar-refractivity contribution in [2.45, 2.75) is 50.1 Å². The number of β-amino-alcohol motifs (C(OH)–C–C–N with tert-alkyl or cyclic N) is 1. The van der Waals surface area contributed by atoms with Gasteiger partial charge in [0.15, 0.2) is 5.16 Å². The van der Waals surface area contributed by atoms with E-state index in [0.717, 1.165) is 50.5 Å². The lowest BCUT2D eigenvalue weighted by Gasteiger charge is -2.49. The van der Waals surface area contributed by atoms with Gasteiger partial charge in [-0.25, -0.2) is 9.97 Å². The quantitative estimate of drug-likeness (QED) is 0.556. The number of anilines is 2. The van der Waals surface area contributed by atoms with E-state index in [0.29, 0.717) is 17.5 Å². The molecule has 166 valence electrons. The summed E-state index contributed by atoms with van der Waals surface area (Å²) in [6, 6.07) is 10.2. The van der Waals surface area contributed by atoms with E-state index in [1.165, 1.54) is 11.1 Å². The van der Waals surface area contributed by atoms with Crippen molar-refractivity contribution in [1.29, 1.82) is 0 Å². The van der Waals surface area contributed by atoms with Gasteiger partial charge in [0.05, 0.1) is 6.10 Å². The van der Waals surface area contributed by atoms with Crippen molar-refractivity contribution in [3.8, 4) is 0 Å². The van der Waals surface area contributed by atoms with Crippen LogP contribution < -0.4 is 10.6 Å². The molecule has 2 aromatic rings. The van der Waals surface area contributed by atoms with Gasteiger partial charge in [0, 0.05) is 44.9 Å². The van der Waals surface area contributed by atoms with Crippen LogP contribution in [-0.4, -0.2) is 58.2 Å². The van der Waals surface area contributed by atoms with Crippen molar-refractivity contribution in [3.05, 3.63) is 41.5 Å². The molecule has 1 amide bonds. The fourth-order valence-corrected chi connectivity index (χ4v) is 5.67. The first-order valence-electron chi connectivity index (χ1n) is 10.8. The van der Waals surface area contributed by atoms with E-state index in [1.54, 1.807) is 23.6 Å². The Morgan fingerprint density at radius 1 is 1.29 bits per heavy atom. The van der Waals surface area contributed by atoms with Gasteiger partial charge in [0.2, 0.25) is 5.91 Å². The molecule has 1 spiro atoms. The molecule has 2 aliphatic heterocycles. The van der Waals surface area contributed by atoms with Crippen molar-refractivity contribution >= 4 is 29.3 Å². The van der Waals surface area contributed by atoms with Gasteiger partial charge in [-0.15, -0.1) is 0 Å². The van der Waals surface area contributed by atoms with E-state index in [-0.39, 0.29) is 11.3 Å². The lowest BCUT2D eigenvalue weighted by Crippen LogP contribution is -2.55. The van der Waals surface area contributed by atoms with Gasteiger partial charge < -0.3 is 20.6 Å². The maximum absolute atomic E-state index is 11.9. The minimum atomic E-state index is -0.441. The molecule has 1 atom stereocenters. The van der Waals surface area contributed by atoms with Crippen LogP contribution in [0.5, 0.6) is 0 Å². The van der Waals surface area contributed by atoms with Crippen LogP contribution in [0.2, 0.25) is 0 Å². The first kappa shape index (κ1) is 21.9. The normalized spacial score (nSPS) is 20.8. The van der Waals surface area contributed by atoms with Crippen LogP contribution in [0.25, 0.3) is 0 Å². The van der Waals surface area contributed by atoms with E-state index < -0.39 is 6.10 Å². The summed E-state index contributed by atoms with van der Waals surface area (Å²) >= 11 is 1.60. The summed E-state index contributed by atoms with van der Waals surface area (Å²) in [5.74, 6) is 2.18. The third-order valence-electron chi connectivity index (χ3n) is 6.55. The summed E-state index contributed by atoms with van der Waals surface area (Å²) in [6.07, 6.45) is 2.16. The Hall–Kier alpha value is -2.32. The summed E-state index contributed by atoms with van der Waals surface area (Å²) < 4.78 is 0. The molecule has 3 N–H and O–H groups in total. The fraction of sp³-hybridized carbons (Fsp3) is 0.522. The second-order valence-electron chi connectivity index (χ2n) is 8.89. The van der Waals surface area contributed by atoms with Gasteiger partial charge in [-0.3, -0.25) is 4.79 Å². The number of aliphatic hydroxyl groups is 1. The third-order valence-corrected chi connectivity index (χ3v) is 7.45. The minimum Gasteiger partial charge on any atom is -0.391 e. The molecule has 0 saturated carbocycles. The highest BCUT2D eigenvalue weighted by molar-refractivity contribution is 7.98. The Morgan fingerprint density at radius 3 is 2.74 bits per heavy atom. The Bertz CT molecular complexity index is 945. The summed E-state index contributed by atoms with van der Waals surface area (Å²) in [4.78, 5) is 25.1. The monoisotopic (exact) mass is 441 g/mol. The number of amides is 1. The highest BCUT2D eigenvalue weighted by Crippen LogP contribution is 2.41. The number of hydrogen-bond acceptors (Lipinski definition) is 7. The molecule has 0 aliphatic carbocycles. The molecule has 2 aliphatic rings. The minimum absolute atomic E-state index is 0.0131. The molecule has 31 heavy (non-hydrogen) atoms. The number of aryl methyl sites for hydroxylation is 1. The van der Waals surface area contributed by atoms with Crippen LogP contribution in [0.4, 0.5) is 11.6 Å². The zero-order valence-electron chi connectivity index (χ0n) is 18.3. The number of hydrogen-bond donors (Lipinski definition) is 2. The standard InChI is InChI=1S/C23H31N5O2S/c1-16-5-3-4-6-18(16)14-31-22-25-20(24)11-21(26-22)27-9-7-23(8-10-27)12-19(30)13-28(15-23)17(2)29/h3-6,11,19,30H,7-10,12-15H2,1-2H3,(H2,24,25,26). The number of carbonyl (C=O) groups is 1. The highest BCUT2D eigenvalue weighted by atomic mass is 32.2. The van der Waals surface area contributed by atoms with E-state index in [9.17, 15) is 9.90 Å². The van der Waals surface area contributed by atoms with Crippen molar-refractivity contribution in [2.75, 3.05) is 36.8 Å². The Morgan fingerprint density at radius 2 is 2.03 bits per heavy atom. The van der Waals surface area contributed by atoms with E-state index in [4.69, 9.17) is 10.7 Å². The molecular weight excluding hydrogens is 410 g/mol. The van der Waals surface area contributed by atoms with E-state index in [2.05, 4.69) is 28.9 Å². The SMILES string of the molecule is CC(=O)N1CC(O)CC2(CCN(c3cc(N)nc(SCc4ccccc4C)n3)CC2)C1. The van der Waals surface area contributed by atoms with E-state index >= 15 is 0 Å². The number of nitrogen functional groups attached to an aromatic ring is 1. The van der Waals surface area contributed by atoms with Gasteiger partial charge in [-0.05, 0) is 42.7 Å². The largest absolute Gasteiger partial charge is 0.391 e.